The van der Waals surface area contributed by atoms with Crippen LogP contribution in [-0.4, -0.2) is 23.8 Å². The summed E-state index contributed by atoms with van der Waals surface area (Å²) in [5, 5.41) is 12.4. The second-order valence-corrected chi connectivity index (χ2v) is 4.03. The van der Waals surface area contributed by atoms with Crippen LogP contribution in [0.4, 0.5) is 0 Å². The summed E-state index contributed by atoms with van der Waals surface area (Å²) in [5.74, 6) is 0.976. The van der Waals surface area contributed by atoms with Crippen molar-refractivity contribution >= 4 is 0 Å². The molecule has 0 aromatic carbocycles. The van der Waals surface area contributed by atoms with Gasteiger partial charge in [0.05, 0.1) is 6.61 Å². The van der Waals surface area contributed by atoms with Crippen LogP contribution in [0.15, 0.2) is 0 Å². The first-order valence-corrected chi connectivity index (χ1v) is 5.13. The van der Waals surface area contributed by atoms with Crippen molar-refractivity contribution in [2.45, 2.75) is 51.6 Å². The normalized spacial score (nSPS) is 22.2. The van der Waals surface area contributed by atoms with E-state index >= 15 is 0 Å². The van der Waals surface area contributed by atoms with Gasteiger partial charge in [-0.25, -0.2) is 0 Å². The second-order valence-electron chi connectivity index (χ2n) is 4.03. The molecule has 2 nitrogen and oxygen atoms in total. The highest BCUT2D eigenvalue weighted by Crippen LogP contribution is 2.33. The smallest absolute Gasteiger partial charge is 0.0584 e. The van der Waals surface area contributed by atoms with Gasteiger partial charge in [-0.3, -0.25) is 0 Å². The van der Waals surface area contributed by atoms with Gasteiger partial charge in [0.15, 0.2) is 0 Å². The van der Waals surface area contributed by atoms with Gasteiger partial charge < -0.3 is 10.4 Å². The molecule has 72 valence electrons. The number of hydrogen-bond donors (Lipinski definition) is 2. The fourth-order valence-electron chi connectivity index (χ4n) is 1.62. The van der Waals surface area contributed by atoms with Gasteiger partial charge in [0.1, 0.15) is 0 Å². The van der Waals surface area contributed by atoms with E-state index in [1.807, 2.05) is 0 Å². The first-order valence-electron chi connectivity index (χ1n) is 5.13. The van der Waals surface area contributed by atoms with E-state index in [4.69, 9.17) is 5.11 Å². The average Bonchev–Trinajstić information content (AvgIpc) is 2.84. The Morgan fingerprint density at radius 3 is 2.58 bits per heavy atom. The predicted molar refractivity (Wildman–Crippen MR) is 51.1 cm³/mol. The van der Waals surface area contributed by atoms with Crippen molar-refractivity contribution in [2.24, 2.45) is 5.92 Å². The lowest BCUT2D eigenvalue weighted by Gasteiger charge is -2.20. The maximum Gasteiger partial charge on any atom is 0.0584 e. The van der Waals surface area contributed by atoms with Gasteiger partial charge in [0, 0.05) is 12.1 Å². The molecule has 0 aromatic rings. The minimum atomic E-state index is 0.269. The minimum Gasteiger partial charge on any atom is -0.395 e. The molecule has 1 saturated carbocycles. The van der Waals surface area contributed by atoms with E-state index in [1.165, 1.54) is 19.3 Å². The summed E-state index contributed by atoms with van der Waals surface area (Å²) in [6.45, 7) is 4.60. The maximum absolute atomic E-state index is 8.96. The Hall–Kier alpha value is -0.0800. The molecule has 0 spiro atoms. The summed E-state index contributed by atoms with van der Waals surface area (Å²) < 4.78 is 0. The Kier molecular flexibility index (Phi) is 4.02. The van der Waals surface area contributed by atoms with Crippen molar-refractivity contribution in [1.29, 1.82) is 0 Å². The lowest BCUT2D eigenvalue weighted by atomic mass is 10.1. The maximum atomic E-state index is 8.96. The lowest BCUT2D eigenvalue weighted by molar-refractivity contribution is 0.226. The molecule has 0 amide bonds. The molecule has 0 bridgehead atoms. The van der Waals surface area contributed by atoms with E-state index in [0.717, 1.165) is 12.3 Å². The average molecular weight is 171 g/mol. The van der Waals surface area contributed by atoms with Crippen molar-refractivity contribution in [2.75, 3.05) is 6.61 Å². The van der Waals surface area contributed by atoms with Crippen molar-refractivity contribution in [3.05, 3.63) is 0 Å². The zero-order valence-electron chi connectivity index (χ0n) is 8.21. The van der Waals surface area contributed by atoms with Crippen LogP contribution in [0.3, 0.4) is 0 Å². The third-order valence-corrected chi connectivity index (χ3v) is 2.62. The number of aliphatic hydroxyl groups is 1. The molecule has 1 aliphatic carbocycles. The van der Waals surface area contributed by atoms with Crippen LogP contribution in [0.2, 0.25) is 0 Å². The van der Waals surface area contributed by atoms with E-state index in [-0.39, 0.29) is 6.61 Å². The van der Waals surface area contributed by atoms with Crippen LogP contribution in [0, 0.1) is 5.92 Å². The fraction of sp³-hybridized carbons (Fsp3) is 1.00. The standard InChI is InChI=1S/C10H21NO/c1-3-10(7-12)11-8(2)6-9-4-5-9/h8-12H,3-7H2,1-2H3/t8?,10-/m1/s1. The minimum absolute atomic E-state index is 0.269. The molecule has 0 saturated heterocycles. The van der Waals surface area contributed by atoms with Gasteiger partial charge in [0.25, 0.3) is 0 Å². The van der Waals surface area contributed by atoms with Crippen molar-refractivity contribution in [3.8, 4) is 0 Å². The van der Waals surface area contributed by atoms with E-state index in [0.29, 0.717) is 12.1 Å². The van der Waals surface area contributed by atoms with Gasteiger partial charge in [-0.1, -0.05) is 19.8 Å². The summed E-state index contributed by atoms with van der Waals surface area (Å²) in [4.78, 5) is 0. The third kappa shape index (κ3) is 3.55. The molecule has 2 heteroatoms. The van der Waals surface area contributed by atoms with Gasteiger partial charge in [-0.15, -0.1) is 0 Å². The van der Waals surface area contributed by atoms with Crippen LogP contribution in [0.25, 0.3) is 0 Å². The molecule has 12 heavy (non-hydrogen) atoms. The molecular weight excluding hydrogens is 150 g/mol. The molecule has 0 radical (unpaired) electrons. The molecule has 0 aromatic heterocycles. The van der Waals surface area contributed by atoms with Crippen molar-refractivity contribution < 1.29 is 5.11 Å². The molecular formula is C10H21NO. The van der Waals surface area contributed by atoms with Gasteiger partial charge >= 0.3 is 0 Å². The van der Waals surface area contributed by atoms with Crippen LogP contribution in [0.1, 0.15) is 39.5 Å². The first kappa shape index (κ1) is 10.0. The Morgan fingerprint density at radius 2 is 2.17 bits per heavy atom. The molecule has 1 unspecified atom stereocenters. The zero-order chi connectivity index (χ0) is 8.97. The predicted octanol–water partition coefficient (Wildman–Crippen LogP) is 1.54. The molecule has 2 atom stereocenters. The fourth-order valence-corrected chi connectivity index (χ4v) is 1.62. The van der Waals surface area contributed by atoms with Gasteiger partial charge in [-0.05, 0) is 25.7 Å². The molecule has 1 fully saturated rings. The second kappa shape index (κ2) is 4.83. The Morgan fingerprint density at radius 1 is 1.50 bits per heavy atom. The summed E-state index contributed by atoms with van der Waals surface area (Å²) >= 11 is 0. The first-order chi connectivity index (χ1) is 5.76. The van der Waals surface area contributed by atoms with Crippen LogP contribution < -0.4 is 5.32 Å². The largest absolute Gasteiger partial charge is 0.395 e. The third-order valence-electron chi connectivity index (χ3n) is 2.62. The monoisotopic (exact) mass is 171 g/mol. The van der Waals surface area contributed by atoms with Gasteiger partial charge in [0.2, 0.25) is 0 Å². The van der Waals surface area contributed by atoms with Crippen molar-refractivity contribution in [3.63, 3.8) is 0 Å². The number of nitrogens with one attached hydrogen (secondary N) is 1. The molecule has 0 aliphatic heterocycles. The van der Waals surface area contributed by atoms with E-state index < -0.39 is 0 Å². The highest BCUT2D eigenvalue weighted by Gasteiger charge is 2.24. The highest BCUT2D eigenvalue weighted by molar-refractivity contribution is 4.79. The molecule has 0 heterocycles. The molecule has 1 rings (SSSR count). The summed E-state index contributed by atoms with van der Waals surface area (Å²) in [7, 11) is 0. The number of hydrogen-bond acceptors (Lipinski definition) is 2. The van der Waals surface area contributed by atoms with E-state index in [2.05, 4.69) is 19.2 Å². The van der Waals surface area contributed by atoms with Crippen LogP contribution >= 0.6 is 0 Å². The quantitative estimate of drug-likeness (QED) is 0.635. The Labute approximate surface area is 75.4 Å². The summed E-state index contributed by atoms with van der Waals surface area (Å²) in [5.41, 5.74) is 0. The Balaban J connectivity index is 2.09. The lowest BCUT2D eigenvalue weighted by Crippen LogP contribution is -2.38. The topological polar surface area (TPSA) is 32.3 Å². The number of rotatable bonds is 6. The Bertz CT molecular complexity index is 119. The van der Waals surface area contributed by atoms with Crippen molar-refractivity contribution in [1.82, 2.24) is 5.32 Å². The summed E-state index contributed by atoms with van der Waals surface area (Å²) in [6, 6.07) is 0.883. The number of aliphatic hydroxyl groups excluding tert-OH is 1. The van der Waals surface area contributed by atoms with E-state index in [1.54, 1.807) is 0 Å². The highest BCUT2D eigenvalue weighted by atomic mass is 16.3. The van der Waals surface area contributed by atoms with Crippen LogP contribution in [0.5, 0.6) is 0 Å². The van der Waals surface area contributed by atoms with E-state index in [9.17, 15) is 0 Å². The molecule has 1 aliphatic rings. The van der Waals surface area contributed by atoms with Crippen LogP contribution in [-0.2, 0) is 0 Å². The summed E-state index contributed by atoms with van der Waals surface area (Å²) in [6.07, 6.45) is 5.14. The zero-order valence-corrected chi connectivity index (χ0v) is 8.21. The van der Waals surface area contributed by atoms with Gasteiger partial charge in [-0.2, -0.15) is 0 Å². The molecule has 2 N–H and O–H groups in total. The SMILES string of the molecule is CC[C@H](CO)NC(C)CC1CC1.